The summed E-state index contributed by atoms with van der Waals surface area (Å²) in [7, 11) is 0. The maximum Gasteiger partial charge on any atom is 0.123 e. The molecule has 0 spiro atoms. The van der Waals surface area contributed by atoms with E-state index in [1.54, 1.807) is 12.1 Å². The zero-order valence-corrected chi connectivity index (χ0v) is 8.89. The average Bonchev–Trinajstić information content (AvgIpc) is 2.12. The summed E-state index contributed by atoms with van der Waals surface area (Å²) in [6.07, 6.45) is 2.00. The van der Waals surface area contributed by atoms with Gasteiger partial charge in [-0.15, -0.1) is 0 Å². The van der Waals surface area contributed by atoms with Gasteiger partial charge < -0.3 is 5.32 Å². The van der Waals surface area contributed by atoms with Crippen LogP contribution in [0.4, 0.5) is 4.39 Å². The van der Waals surface area contributed by atoms with Crippen LogP contribution in [-0.2, 0) is 6.42 Å². The van der Waals surface area contributed by atoms with E-state index in [2.05, 4.69) is 19.2 Å². The summed E-state index contributed by atoms with van der Waals surface area (Å²) in [6, 6.07) is 7.35. The number of aryl methyl sites for hydroxylation is 1. The van der Waals surface area contributed by atoms with Crippen molar-refractivity contribution in [1.29, 1.82) is 0 Å². The minimum Gasteiger partial charge on any atom is -0.315 e. The Hall–Kier alpha value is -0.890. The lowest BCUT2D eigenvalue weighted by atomic mass is 10.1. The van der Waals surface area contributed by atoms with E-state index < -0.39 is 0 Å². The van der Waals surface area contributed by atoms with Crippen molar-refractivity contribution in [2.45, 2.75) is 32.7 Å². The molecule has 0 aliphatic rings. The van der Waals surface area contributed by atoms with Gasteiger partial charge in [0.25, 0.3) is 0 Å². The molecule has 0 aromatic heterocycles. The molecule has 0 saturated heterocycles. The summed E-state index contributed by atoms with van der Waals surface area (Å²) in [5.74, 6) is -0.140. The molecule has 1 aromatic rings. The molecule has 0 aliphatic carbocycles. The van der Waals surface area contributed by atoms with Crippen molar-refractivity contribution in [1.82, 2.24) is 5.32 Å². The smallest absolute Gasteiger partial charge is 0.123 e. The van der Waals surface area contributed by atoms with Crippen LogP contribution in [0.15, 0.2) is 24.3 Å². The van der Waals surface area contributed by atoms with Crippen molar-refractivity contribution in [2.24, 2.45) is 0 Å². The van der Waals surface area contributed by atoms with Gasteiger partial charge in [0.1, 0.15) is 5.82 Å². The molecule has 80 valence electrons. The van der Waals surface area contributed by atoms with Crippen molar-refractivity contribution in [3.63, 3.8) is 0 Å². The second-order valence-corrected chi connectivity index (χ2v) is 3.84. The fraction of sp³-hybridized carbons (Fsp3) is 0.500. The highest BCUT2D eigenvalue weighted by Gasteiger charge is 1.96. The molecule has 0 aliphatic heterocycles. The largest absolute Gasteiger partial charge is 0.315 e. The van der Waals surface area contributed by atoms with Crippen molar-refractivity contribution >= 4 is 0 Å². The number of halogens is 1. The normalized spacial score (nSPS) is 10.9. The predicted molar refractivity (Wildman–Crippen MR) is 60.0 cm³/mol. The van der Waals surface area contributed by atoms with Crippen LogP contribution in [0.1, 0.15) is 27.3 Å². The molecular formula is C12H20FN. The lowest BCUT2D eigenvalue weighted by molar-refractivity contribution is 0.569. The van der Waals surface area contributed by atoms with Gasteiger partial charge in [0.15, 0.2) is 0 Å². The summed E-state index contributed by atoms with van der Waals surface area (Å²) >= 11 is 0. The minimum atomic E-state index is -0.140. The van der Waals surface area contributed by atoms with E-state index in [-0.39, 0.29) is 7.24 Å². The van der Waals surface area contributed by atoms with Crippen LogP contribution in [0.2, 0.25) is 0 Å². The summed E-state index contributed by atoms with van der Waals surface area (Å²) in [5, 5.41) is 3.34. The topological polar surface area (TPSA) is 12.0 Å². The summed E-state index contributed by atoms with van der Waals surface area (Å²) in [6.45, 7) is 5.25. The standard InChI is InChI=1S/C12H18FN.H2/c1-10(2)14-8-4-6-11-5-3-7-12(13)9-11;/h3,5,7,9-10,14H,4,6,8H2,1-2H3;1H. The van der Waals surface area contributed by atoms with Crippen molar-refractivity contribution in [2.75, 3.05) is 6.54 Å². The fourth-order valence-electron chi connectivity index (χ4n) is 1.38. The van der Waals surface area contributed by atoms with Gasteiger partial charge in [-0.3, -0.25) is 0 Å². The first kappa shape index (κ1) is 11.2. The Morgan fingerprint density at radius 2 is 2.21 bits per heavy atom. The van der Waals surface area contributed by atoms with Crippen LogP contribution < -0.4 is 5.32 Å². The van der Waals surface area contributed by atoms with Crippen LogP contribution in [-0.4, -0.2) is 12.6 Å². The Bertz CT molecular complexity index is 276. The molecule has 1 nitrogen and oxygen atoms in total. The van der Waals surface area contributed by atoms with Crippen LogP contribution >= 0.6 is 0 Å². The predicted octanol–water partition coefficient (Wildman–Crippen LogP) is 3.00. The van der Waals surface area contributed by atoms with E-state index in [0.717, 1.165) is 24.9 Å². The summed E-state index contributed by atoms with van der Waals surface area (Å²) < 4.78 is 12.8. The molecule has 0 saturated carbocycles. The van der Waals surface area contributed by atoms with E-state index in [9.17, 15) is 4.39 Å². The Labute approximate surface area is 86.8 Å². The fourth-order valence-corrected chi connectivity index (χ4v) is 1.38. The van der Waals surface area contributed by atoms with E-state index in [0.29, 0.717) is 6.04 Å². The van der Waals surface area contributed by atoms with Gasteiger partial charge in [-0.05, 0) is 37.1 Å². The number of hydrogen-bond acceptors (Lipinski definition) is 1. The van der Waals surface area contributed by atoms with Gasteiger partial charge in [0.2, 0.25) is 0 Å². The maximum absolute atomic E-state index is 12.8. The molecule has 0 heterocycles. The van der Waals surface area contributed by atoms with E-state index in [1.165, 1.54) is 6.07 Å². The highest BCUT2D eigenvalue weighted by Crippen LogP contribution is 2.05. The quantitative estimate of drug-likeness (QED) is 0.715. The van der Waals surface area contributed by atoms with Crippen LogP contribution in [0.5, 0.6) is 0 Å². The zero-order chi connectivity index (χ0) is 10.4. The molecule has 0 atom stereocenters. The molecular weight excluding hydrogens is 177 g/mol. The van der Waals surface area contributed by atoms with E-state index >= 15 is 0 Å². The molecule has 14 heavy (non-hydrogen) atoms. The molecule has 0 bridgehead atoms. The number of hydrogen-bond donors (Lipinski definition) is 1. The van der Waals surface area contributed by atoms with Crippen LogP contribution in [0.25, 0.3) is 0 Å². The first-order valence-corrected chi connectivity index (χ1v) is 5.16. The van der Waals surface area contributed by atoms with Crippen LogP contribution in [0, 0.1) is 5.82 Å². The second-order valence-electron chi connectivity index (χ2n) is 3.84. The van der Waals surface area contributed by atoms with Gasteiger partial charge >= 0.3 is 0 Å². The molecule has 0 fully saturated rings. The Kier molecular flexibility index (Phi) is 4.60. The third-order valence-corrected chi connectivity index (χ3v) is 2.08. The van der Waals surface area contributed by atoms with Gasteiger partial charge in [0, 0.05) is 7.47 Å². The first-order valence-electron chi connectivity index (χ1n) is 5.16. The first-order chi connectivity index (χ1) is 6.68. The van der Waals surface area contributed by atoms with Crippen molar-refractivity contribution < 1.29 is 5.82 Å². The van der Waals surface area contributed by atoms with E-state index in [4.69, 9.17) is 0 Å². The minimum absolute atomic E-state index is 0. The van der Waals surface area contributed by atoms with Gasteiger partial charge in [-0.25, -0.2) is 4.39 Å². The van der Waals surface area contributed by atoms with Crippen molar-refractivity contribution in [3.05, 3.63) is 35.6 Å². The van der Waals surface area contributed by atoms with Gasteiger partial charge in [-0.1, -0.05) is 26.0 Å². The number of rotatable bonds is 5. The number of benzene rings is 1. The maximum atomic E-state index is 12.8. The molecule has 1 N–H and O–H groups in total. The SMILES string of the molecule is CC(C)NCCCc1cccc(F)c1.[HH]. The molecule has 0 radical (unpaired) electrons. The van der Waals surface area contributed by atoms with Gasteiger partial charge in [-0.2, -0.15) is 0 Å². The molecule has 0 amide bonds. The number of nitrogens with one attached hydrogen (secondary N) is 1. The summed E-state index contributed by atoms with van der Waals surface area (Å²) in [5.41, 5.74) is 1.08. The third kappa shape index (κ3) is 4.38. The highest BCUT2D eigenvalue weighted by molar-refractivity contribution is 5.16. The Morgan fingerprint density at radius 1 is 1.43 bits per heavy atom. The highest BCUT2D eigenvalue weighted by atomic mass is 19.1. The lowest BCUT2D eigenvalue weighted by Gasteiger charge is -2.07. The summed E-state index contributed by atoms with van der Waals surface area (Å²) in [4.78, 5) is 0. The Morgan fingerprint density at radius 3 is 2.86 bits per heavy atom. The van der Waals surface area contributed by atoms with Crippen LogP contribution in [0.3, 0.4) is 0 Å². The van der Waals surface area contributed by atoms with Gasteiger partial charge in [0.05, 0.1) is 0 Å². The van der Waals surface area contributed by atoms with Crippen molar-refractivity contribution in [3.8, 4) is 0 Å². The molecule has 1 rings (SSSR count). The zero-order valence-electron chi connectivity index (χ0n) is 8.89. The molecule has 1 aromatic carbocycles. The third-order valence-electron chi connectivity index (χ3n) is 2.08. The lowest BCUT2D eigenvalue weighted by Crippen LogP contribution is -2.23. The Balaban J connectivity index is 0.00000196. The second kappa shape index (κ2) is 5.76. The molecule has 0 unspecified atom stereocenters. The average molecular weight is 197 g/mol. The monoisotopic (exact) mass is 197 g/mol. The van der Waals surface area contributed by atoms with E-state index in [1.807, 2.05) is 6.07 Å². The molecule has 2 heteroatoms.